The lowest BCUT2D eigenvalue weighted by Gasteiger charge is -2.20. The SMILES string of the molecule is Cc1cc(NC2CCCC2CO)ccc1C(=O)O. The van der Waals surface area contributed by atoms with Gasteiger partial charge in [-0.3, -0.25) is 0 Å². The van der Waals surface area contributed by atoms with Crippen LogP contribution >= 0.6 is 0 Å². The predicted molar refractivity (Wildman–Crippen MR) is 70.0 cm³/mol. The zero-order chi connectivity index (χ0) is 13.1. The molecule has 0 saturated heterocycles. The van der Waals surface area contributed by atoms with Crippen LogP contribution in [0.4, 0.5) is 5.69 Å². The number of carboxylic acids is 1. The highest BCUT2D eigenvalue weighted by atomic mass is 16.4. The second-order valence-corrected chi connectivity index (χ2v) is 4.96. The van der Waals surface area contributed by atoms with Gasteiger partial charge in [0, 0.05) is 24.3 Å². The van der Waals surface area contributed by atoms with E-state index in [0.717, 1.165) is 30.5 Å². The van der Waals surface area contributed by atoms with Crippen LogP contribution in [0.15, 0.2) is 18.2 Å². The third-order valence-electron chi connectivity index (χ3n) is 3.70. The van der Waals surface area contributed by atoms with Crippen LogP contribution in [-0.2, 0) is 0 Å². The van der Waals surface area contributed by atoms with Crippen molar-refractivity contribution in [3.05, 3.63) is 29.3 Å². The molecule has 18 heavy (non-hydrogen) atoms. The number of carboxylic acid groups (broad SMARTS) is 1. The number of aromatic carboxylic acids is 1. The normalized spacial score (nSPS) is 23.0. The molecule has 98 valence electrons. The molecule has 3 N–H and O–H groups in total. The van der Waals surface area contributed by atoms with Gasteiger partial charge in [0.1, 0.15) is 0 Å². The first-order valence-corrected chi connectivity index (χ1v) is 6.33. The predicted octanol–water partition coefficient (Wildman–Crippen LogP) is 2.27. The first kappa shape index (κ1) is 12.9. The number of hydrogen-bond acceptors (Lipinski definition) is 3. The fourth-order valence-corrected chi connectivity index (χ4v) is 2.65. The number of carbonyl (C=O) groups is 1. The van der Waals surface area contributed by atoms with Crippen LogP contribution < -0.4 is 5.32 Å². The maximum absolute atomic E-state index is 10.9. The second-order valence-electron chi connectivity index (χ2n) is 4.96. The average Bonchev–Trinajstić information content (AvgIpc) is 2.76. The first-order valence-electron chi connectivity index (χ1n) is 6.33. The molecule has 0 bridgehead atoms. The Balaban J connectivity index is 2.10. The molecule has 0 spiro atoms. The number of rotatable bonds is 4. The molecular weight excluding hydrogens is 230 g/mol. The Kier molecular flexibility index (Phi) is 3.87. The molecule has 1 aromatic rings. The van der Waals surface area contributed by atoms with Gasteiger partial charge in [-0.25, -0.2) is 4.79 Å². The van der Waals surface area contributed by atoms with E-state index in [1.165, 1.54) is 0 Å². The smallest absolute Gasteiger partial charge is 0.335 e. The van der Waals surface area contributed by atoms with Gasteiger partial charge in [0.05, 0.1) is 5.56 Å². The van der Waals surface area contributed by atoms with E-state index in [0.29, 0.717) is 17.5 Å². The van der Waals surface area contributed by atoms with E-state index in [-0.39, 0.29) is 6.61 Å². The number of nitrogens with one attached hydrogen (secondary N) is 1. The molecule has 1 fully saturated rings. The van der Waals surface area contributed by atoms with Gasteiger partial charge in [-0.1, -0.05) is 6.42 Å². The molecule has 4 nitrogen and oxygen atoms in total. The zero-order valence-electron chi connectivity index (χ0n) is 10.5. The molecule has 0 heterocycles. The summed E-state index contributed by atoms with van der Waals surface area (Å²) in [4.78, 5) is 10.9. The van der Waals surface area contributed by atoms with E-state index < -0.39 is 5.97 Å². The maximum Gasteiger partial charge on any atom is 0.335 e. The Morgan fingerprint density at radius 2 is 2.22 bits per heavy atom. The van der Waals surface area contributed by atoms with Crippen molar-refractivity contribution in [1.29, 1.82) is 0 Å². The van der Waals surface area contributed by atoms with Gasteiger partial charge in [0.25, 0.3) is 0 Å². The Hall–Kier alpha value is -1.55. The molecule has 2 rings (SSSR count). The van der Waals surface area contributed by atoms with Crippen molar-refractivity contribution in [1.82, 2.24) is 0 Å². The van der Waals surface area contributed by atoms with E-state index in [4.69, 9.17) is 5.11 Å². The summed E-state index contributed by atoms with van der Waals surface area (Å²) in [5.74, 6) is -0.586. The Morgan fingerprint density at radius 1 is 1.44 bits per heavy atom. The molecule has 2 atom stereocenters. The summed E-state index contributed by atoms with van der Waals surface area (Å²) in [7, 11) is 0. The third kappa shape index (κ3) is 2.64. The number of benzene rings is 1. The lowest BCUT2D eigenvalue weighted by molar-refractivity contribution is 0.0696. The van der Waals surface area contributed by atoms with Gasteiger partial charge in [0.15, 0.2) is 0 Å². The largest absolute Gasteiger partial charge is 0.478 e. The number of anilines is 1. The van der Waals surface area contributed by atoms with Crippen LogP contribution in [0.1, 0.15) is 35.2 Å². The van der Waals surface area contributed by atoms with Gasteiger partial charge in [-0.2, -0.15) is 0 Å². The zero-order valence-corrected chi connectivity index (χ0v) is 10.5. The second kappa shape index (κ2) is 5.40. The molecular formula is C14H19NO3. The molecule has 1 aliphatic rings. The van der Waals surface area contributed by atoms with E-state index in [2.05, 4.69) is 5.32 Å². The van der Waals surface area contributed by atoms with E-state index in [1.54, 1.807) is 19.1 Å². The first-order chi connectivity index (χ1) is 8.61. The van der Waals surface area contributed by atoms with E-state index >= 15 is 0 Å². The number of aliphatic hydroxyl groups excluding tert-OH is 1. The number of hydrogen-bond donors (Lipinski definition) is 3. The van der Waals surface area contributed by atoms with E-state index in [1.807, 2.05) is 6.07 Å². The minimum Gasteiger partial charge on any atom is -0.478 e. The molecule has 1 aromatic carbocycles. The molecule has 1 saturated carbocycles. The topological polar surface area (TPSA) is 69.6 Å². The van der Waals surface area contributed by atoms with Crippen LogP contribution in [0, 0.1) is 12.8 Å². The van der Waals surface area contributed by atoms with Crippen LogP contribution in [0.5, 0.6) is 0 Å². The Bertz CT molecular complexity index is 445. The van der Waals surface area contributed by atoms with Gasteiger partial charge >= 0.3 is 5.97 Å². The fourth-order valence-electron chi connectivity index (χ4n) is 2.65. The van der Waals surface area contributed by atoms with Crippen molar-refractivity contribution in [3.8, 4) is 0 Å². The van der Waals surface area contributed by atoms with Crippen molar-refractivity contribution in [2.45, 2.75) is 32.2 Å². The standard InChI is InChI=1S/C14H19NO3/c1-9-7-11(5-6-12(9)14(17)18)15-13-4-2-3-10(13)8-16/h5-7,10,13,15-16H,2-4,8H2,1H3,(H,17,18). The summed E-state index contributed by atoms with van der Waals surface area (Å²) in [6.45, 7) is 2.01. The summed E-state index contributed by atoms with van der Waals surface area (Å²) in [6.07, 6.45) is 3.25. The monoisotopic (exact) mass is 249 g/mol. The van der Waals surface area contributed by atoms with Gasteiger partial charge < -0.3 is 15.5 Å². The average molecular weight is 249 g/mol. The highest BCUT2D eigenvalue weighted by molar-refractivity contribution is 5.89. The fraction of sp³-hybridized carbons (Fsp3) is 0.500. The minimum absolute atomic E-state index is 0.212. The Morgan fingerprint density at radius 3 is 2.83 bits per heavy atom. The summed E-state index contributed by atoms with van der Waals surface area (Å²) in [6, 6.07) is 5.58. The van der Waals surface area contributed by atoms with E-state index in [9.17, 15) is 9.90 Å². The van der Waals surface area contributed by atoms with Crippen LogP contribution in [0.25, 0.3) is 0 Å². The molecule has 4 heteroatoms. The minimum atomic E-state index is -0.895. The van der Waals surface area contributed by atoms with Crippen molar-refractivity contribution in [3.63, 3.8) is 0 Å². The molecule has 0 aliphatic heterocycles. The molecule has 0 radical (unpaired) electrons. The summed E-state index contributed by atoms with van der Waals surface area (Å²) < 4.78 is 0. The lowest BCUT2D eigenvalue weighted by Crippen LogP contribution is -2.26. The highest BCUT2D eigenvalue weighted by Crippen LogP contribution is 2.28. The van der Waals surface area contributed by atoms with Crippen LogP contribution in [0.3, 0.4) is 0 Å². The van der Waals surface area contributed by atoms with Gasteiger partial charge in [-0.05, 0) is 43.5 Å². The number of aryl methyl sites for hydroxylation is 1. The maximum atomic E-state index is 10.9. The highest BCUT2D eigenvalue weighted by Gasteiger charge is 2.26. The van der Waals surface area contributed by atoms with Gasteiger partial charge in [0.2, 0.25) is 0 Å². The lowest BCUT2D eigenvalue weighted by atomic mass is 10.0. The van der Waals surface area contributed by atoms with Crippen molar-refractivity contribution in [2.24, 2.45) is 5.92 Å². The Labute approximate surface area is 107 Å². The molecule has 0 amide bonds. The third-order valence-corrected chi connectivity index (χ3v) is 3.70. The quantitative estimate of drug-likeness (QED) is 0.765. The summed E-state index contributed by atoms with van der Waals surface area (Å²) >= 11 is 0. The molecule has 1 aliphatic carbocycles. The number of aliphatic hydroxyl groups is 1. The van der Waals surface area contributed by atoms with Crippen molar-refractivity contribution < 1.29 is 15.0 Å². The molecule has 0 aromatic heterocycles. The van der Waals surface area contributed by atoms with Crippen LogP contribution in [0.2, 0.25) is 0 Å². The van der Waals surface area contributed by atoms with Crippen molar-refractivity contribution >= 4 is 11.7 Å². The summed E-state index contributed by atoms with van der Waals surface area (Å²) in [5.41, 5.74) is 2.03. The molecule has 2 unspecified atom stereocenters. The van der Waals surface area contributed by atoms with Crippen molar-refractivity contribution in [2.75, 3.05) is 11.9 Å². The van der Waals surface area contributed by atoms with Crippen LogP contribution in [-0.4, -0.2) is 28.8 Å². The summed E-state index contributed by atoms with van der Waals surface area (Å²) in [5, 5.41) is 21.6. The van der Waals surface area contributed by atoms with Gasteiger partial charge in [-0.15, -0.1) is 0 Å².